The molecule has 7 rings (SSSR count). The number of alkyl halides is 3. The van der Waals surface area contributed by atoms with Gasteiger partial charge in [-0.15, -0.1) is 10.2 Å². The highest BCUT2D eigenvalue weighted by molar-refractivity contribution is 5.73. The Balaban J connectivity index is 0.000000287. The number of aryl methyl sites for hydroxylation is 2. The zero-order valence-corrected chi connectivity index (χ0v) is 18.8. The predicted molar refractivity (Wildman–Crippen MR) is 116 cm³/mol. The van der Waals surface area contributed by atoms with Crippen LogP contribution in [0, 0.1) is 24.7 Å². The van der Waals surface area contributed by atoms with Crippen LogP contribution >= 0.6 is 0 Å². The number of carbonyl (C=O) groups is 1. The molecule has 1 aromatic heterocycles. The van der Waals surface area contributed by atoms with Gasteiger partial charge in [0.15, 0.2) is 0 Å². The smallest absolute Gasteiger partial charge is 0.475 e. The second-order valence-corrected chi connectivity index (χ2v) is 10.6. The number of carboxylic acid groups (broad SMARTS) is 1. The van der Waals surface area contributed by atoms with Gasteiger partial charge in [-0.3, -0.25) is 0 Å². The minimum atomic E-state index is -5.08. The summed E-state index contributed by atoms with van der Waals surface area (Å²) >= 11 is 0. The van der Waals surface area contributed by atoms with Gasteiger partial charge in [0.1, 0.15) is 11.6 Å². The van der Waals surface area contributed by atoms with Gasteiger partial charge in [-0.1, -0.05) is 24.3 Å². The van der Waals surface area contributed by atoms with Crippen LogP contribution in [0.1, 0.15) is 73.6 Å². The first kappa shape index (κ1) is 22.4. The van der Waals surface area contributed by atoms with Gasteiger partial charge >= 0.3 is 12.1 Å². The average molecular weight is 462 g/mol. The fourth-order valence-electron chi connectivity index (χ4n) is 7.40. The van der Waals surface area contributed by atoms with Crippen LogP contribution in [0.15, 0.2) is 24.3 Å². The summed E-state index contributed by atoms with van der Waals surface area (Å²) in [4.78, 5) is 8.90. The maximum atomic E-state index is 10.6. The van der Waals surface area contributed by atoms with Crippen molar-refractivity contribution in [2.75, 3.05) is 0 Å². The predicted octanol–water partition coefficient (Wildman–Crippen LogP) is 5.42. The van der Waals surface area contributed by atoms with Crippen molar-refractivity contribution in [3.63, 3.8) is 0 Å². The molecule has 1 N–H and O–H groups in total. The van der Waals surface area contributed by atoms with Gasteiger partial charge in [0.05, 0.1) is 0 Å². The second-order valence-electron chi connectivity index (χ2n) is 10.6. The molecule has 4 fully saturated rings. The molecule has 0 radical (unpaired) electrons. The van der Waals surface area contributed by atoms with Crippen molar-refractivity contribution in [3.8, 4) is 0 Å². The van der Waals surface area contributed by atoms with Crippen LogP contribution in [0.5, 0.6) is 0 Å². The molecule has 1 aliphatic heterocycles. The summed E-state index contributed by atoms with van der Waals surface area (Å²) in [6.45, 7) is 3.35. The molecule has 0 spiro atoms. The Morgan fingerprint density at radius 1 is 1.06 bits per heavy atom. The van der Waals surface area contributed by atoms with E-state index in [0.717, 1.165) is 30.7 Å². The van der Waals surface area contributed by atoms with Gasteiger partial charge in [0.25, 0.3) is 0 Å². The summed E-state index contributed by atoms with van der Waals surface area (Å²) in [5.74, 6) is 3.37. The van der Waals surface area contributed by atoms with E-state index in [4.69, 9.17) is 15.0 Å². The number of benzene rings is 1. The average Bonchev–Trinajstić information content (AvgIpc) is 3.17. The van der Waals surface area contributed by atoms with Crippen LogP contribution in [0.3, 0.4) is 0 Å². The molecule has 0 saturated heterocycles. The number of aromatic nitrogens is 3. The zero-order chi connectivity index (χ0) is 23.4. The lowest BCUT2D eigenvalue weighted by molar-refractivity contribution is -0.192. The van der Waals surface area contributed by atoms with E-state index in [9.17, 15) is 13.2 Å². The number of nitrogens with zero attached hydrogens (tertiary/aromatic N) is 3. The number of halogens is 3. The van der Waals surface area contributed by atoms with Crippen LogP contribution < -0.4 is 0 Å². The van der Waals surface area contributed by atoms with Crippen molar-refractivity contribution in [2.24, 2.45) is 17.8 Å². The largest absolute Gasteiger partial charge is 0.490 e. The molecule has 4 saturated carbocycles. The highest BCUT2D eigenvalue weighted by Gasteiger charge is 2.54. The topological polar surface area (TPSA) is 68.0 Å². The highest BCUT2D eigenvalue weighted by atomic mass is 19.4. The Morgan fingerprint density at radius 3 is 2.18 bits per heavy atom. The first-order valence-electron chi connectivity index (χ1n) is 11.9. The molecular formula is C25H30F3N3O2. The molecule has 33 heavy (non-hydrogen) atoms. The maximum Gasteiger partial charge on any atom is 0.490 e. The van der Waals surface area contributed by atoms with Gasteiger partial charge in [-0.25, -0.2) is 4.79 Å². The van der Waals surface area contributed by atoms with Crippen LogP contribution in [-0.4, -0.2) is 32.0 Å². The van der Waals surface area contributed by atoms with E-state index in [1.165, 1.54) is 67.7 Å². The molecule has 4 aliphatic carbocycles. The number of rotatable bonds is 2. The summed E-state index contributed by atoms with van der Waals surface area (Å²) < 4.78 is 34.3. The standard InChI is InChI=1S/C23H29N3.C2HF3O2/c1-15-4-2-3-5-20(15)19-6-7-21-24-25-22(26(21)14-19)23-11-16-8-17(12-23)10-18(9-16)13-23;3-2(4,5)1(6)7/h2-5,16-19H,6-14H2,1H3;(H,6,7). The lowest BCUT2D eigenvalue weighted by Crippen LogP contribution is -2.50. The molecule has 5 nitrogen and oxygen atoms in total. The summed E-state index contributed by atoms with van der Waals surface area (Å²) in [5, 5.41) is 16.7. The van der Waals surface area contributed by atoms with Crippen molar-refractivity contribution in [3.05, 3.63) is 47.0 Å². The third-order valence-corrected chi connectivity index (χ3v) is 8.33. The van der Waals surface area contributed by atoms with E-state index >= 15 is 0 Å². The molecule has 0 amide bonds. The number of carboxylic acids is 1. The van der Waals surface area contributed by atoms with Crippen LogP contribution in [0.2, 0.25) is 0 Å². The van der Waals surface area contributed by atoms with Crippen molar-refractivity contribution in [1.29, 1.82) is 0 Å². The Bertz CT molecular complexity index is 1010. The Kier molecular flexibility index (Phi) is 5.52. The quantitative estimate of drug-likeness (QED) is 0.649. The van der Waals surface area contributed by atoms with Crippen LogP contribution in [0.25, 0.3) is 0 Å². The summed E-state index contributed by atoms with van der Waals surface area (Å²) in [6.07, 6.45) is 5.83. The van der Waals surface area contributed by atoms with Crippen LogP contribution in [-0.2, 0) is 23.2 Å². The number of hydrogen-bond donors (Lipinski definition) is 1. The van der Waals surface area contributed by atoms with Crippen molar-refractivity contribution in [1.82, 2.24) is 14.8 Å². The highest BCUT2D eigenvalue weighted by Crippen LogP contribution is 2.60. The molecule has 1 unspecified atom stereocenters. The van der Waals surface area contributed by atoms with Gasteiger partial charge < -0.3 is 9.67 Å². The lowest BCUT2D eigenvalue weighted by Gasteiger charge is -2.56. The van der Waals surface area contributed by atoms with Gasteiger partial charge in [0, 0.05) is 24.3 Å². The third-order valence-electron chi connectivity index (χ3n) is 8.33. The first-order valence-corrected chi connectivity index (χ1v) is 11.9. The molecule has 8 heteroatoms. The Hall–Kier alpha value is -2.38. The number of hydrogen-bond acceptors (Lipinski definition) is 3. The minimum Gasteiger partial charge on any atom is -0.475 e. The van der Waals surface area contributed by atoms with Crippen LogP contribution in [0.4, 0.5) is 13.2 Å². The molecular weight excluding hydrogens is 431 g/mol. The van der Waals surface area contributed by atoms with E-state index in [1.807, 2.05) is 0 Å². The minimum absolute atomic E-state index is 0.355. The summed E-state index contributed by atoms with van der Waals surface area (Å²) in [6, 6.07) is 8.95. The van der Waals surface area contributed by atoms with Crippen molar-refractivity contribution in [2.45, 2.75) is 82.3 Å². The van der Waals surface area contributed by atoms with Gasteiger partial charge in [-0.2, -0.15) is 13.2 Å². The molecule has 2 aromatic rings. The summed E-state index contributed by atoms with van der Waals surface area (Å²) in [7, 11) is 0. The maximum absolute atomic E-state index is 10.6. The number of aliphatic carboxylic acids is 1. The fourth-order valence-corrected chi connectivity index (χ4v) is 7.40. The zero-order valence-electron chi connectivity index (χ0n) is 18.8. The fraction of sp³-hybridized carbons (Fsp3) is 0.640. The van der Waals surface area contributed by atoms with Gasteiger partial charge in [0.2, 0.25) is 0 Å². The van der Waals surface area contributed by atoms with E-state index in [-0.39, 0.29) is 0 Å². The molecule has 1 aromatic carbocycles. The monoisotopic (exact) mass is 461 g/mol. The normalized spacial score (nSPS) is 32.1. The Labute approximate surface area is 191 Å². The summed E-state index contributed by atoms with van der Waals surface area (Å²) in [5.41, 5.74) is 3.32. The molecule has 5 aliphatic rings. The van der Waals surface area contributed by atoms with E-state index in [0.29, 0.717) is 11.3 Å². The molecule has 4 bridgehead atoms. The molecule has 1 atom stereocenters. The Morgan fingerprint density at radius 2 is 1.64 bits per heavy atom. The van der Waals surface area contributed by atoms with Gasteiger partial charge in [-0.05, 0) is 80.8 Å². The molecule has 178 valence electrons. The lowest BCUT2D eigenvalue weighted by atomic mass is 9.49. The van der Waals surface area contributed by atoms with Crippen molar-refractivity contribution < 1.29 is 23.1 Å². The van der Waals surface area contributed by atoms with E-state index in [1.54, 1.807) is 0 Å². The van der Waals surface area contributed by atoms with E-state index < -0.39 is 12.1 Å². The van der Waals surface area contributed by atoms with Crippen molar-refractivity contribution >= 4 is 5.97 Å². The first-order chi connectivity index (χ1) is 15.6. The number of fused-ring (bicyclic) bond motifs is 1. The molecule has 2 heterocycles. The SMILES string of the molecule is Cc1ccccc1C1CCc2nnc(C34CC5CC(CC(C5)C3)C4)n2C1.O=C(O)C(F)(F)F. The van der Waals surface area contributed by atoms with E-state index in [2.05, 4.69) is 40.9 Å². The third kappa shape index (κ3) is 4.17. The second kappa shape index (κ2) is 8.13.